The van der Waals surface area contributed by atoms with E-state index in [-0.39, 0.29) is 20.1 Å². The van der Waals surface area contributed by atoms with Gasteiger partial charge in [-0.3, -0.25) is 4.98 Å². The number of aromatic nitrogens is 1. The largest absolute Gasteiger partial charge is 3.00 e. The number of rotatable bonds is 1. The van der Waals surface area contributed by atoms with Gasteiger partial charge in [-0.25, -0.2) is 0 Å². The Morgan fingerprint density at radius 2 is 1.86 bits per heavy atom. The molecular weight excluding hydrogens is 350 g/mol. The van der Waals surface area contributed by atoms with Crippen LogP contribution in [0.1, 0.15) is 5.56 Å². The van der Waals surface area contributed by atoms with Crippen LogP contribution < -0.4 is 0 Å². The van der Waals surface area contributed by atoms with Gasteiger partial charge in [0, 0.05) is 0 Å². The molecule has 1 heterocycles. The van der Waals surface area contributed by atoms with Crippen LogP contribution in [0.4, 0.5) is 0 Å². The zero-order chi connectivity index (χ0) is 9.10. The number of hydrogen-bond acceptors (Lipinski definition) is 1. The third kappa shape index (κ3) is 2.50. The van der Waals surface area contributed by atoms with Crippen molar-refractivity contribution < 1.29 is 20.1 Å². The second kappa shape index (κ2) is 5.04. The molecular formula is C12H10IrN+2. The number of pyridine rings is 1. The van der Waals surface area contributed by atoms with Gasteiger partial charge < -0.3 is 0 Å². The van der Waals surface area contributed by atoms with Crippen LogP contribution in [0.2, 0.25) is 0 Å². The molecule has 0 aliphatic heterocycles. The van der Waals surface area contributed by atoms with Crippen molar-refractivity contribution in [2.24, 2.45) is 0 Å². The van der Waals surface area contributed by atoms with E-state index in [2.05, 4.69) is 42.2 Å². The molecule has 0 aliphatic rings. The monoisotopic (exact) mass is 361 g/mol. The summed E-state index contributed by atoms with van der Waals surface area (Å²) in [5.41, 5.74) is 3.29. The molecule has 0 aliphatic carbocycles. The first-order valence-electron chi connectivity index (χ1n) is 4.26. The first kappa shape index (κ1) is 11.1. The van der Waals surface area contributed by atoms with Crippen LogP contribution in [-0.4, -0.2) is 4.98 Å². The summed E-state index contributed by atoms with van der Waals surface area (Å²) in [6.45, 7) is 2.08. The van der Waals surface area contributed by atoms with E-state index in [0.717, 1.165) is 11.3 Å². The van der Waals surface area contributed by atoms with E-state index in [1.807, 2.05) is 12.1 Å². The zero-order valence-electron chi connectivity index (χ0n) is 7.82. The summed E-state index contributed by atoms with van der Waals surface area (Å²) in [5.74, 6) is 0. The van der Waals surface area contributed by atoms with E-state index < -0.39 is 0 Å². The van der Waals surface area contributed by atoms with E-state index in [1.54, 1.807) is 6.20 Å². The van der Waals surface area contributed by atoms with Crippen molar-refractivity contribution in [1.82, 2.24) is 4.98 Å². The van der Waals surface area contributed by atoms with Crippen molar-refractivity contribution in [2.45, 2.75) is 6.92 Å². The van der Waals surface area contributed by atoms with Crippen molar-refractivity contribution in [1.29, 1.82) is 0 Å². The molecule has 2 rings (SSSR count). The summed E-state index contributed by atoms with van der Waals surface area (Å²) in [4.78, 5) is 4.22. The van der Waals surface area contributed by atoms with Gasteiger partial charge in [0.25, 0.3) is 0 Å². The number of aryl methyl sites for hydroxylation is 1. The normalized spacial score (nSPS) is 9.21. The summed E-state index contributed by atoms with van der Waals surface area (Å²) in [6, 6.07) is 15.1. The molecule has 1 nitrogen and oxygen atoms in total. The summed E-state index contributed by atoms with van der Waals surface area (Å²) < 4.78 is 0. The molecule has 0 radical (unpaired) electrons. The first-order chi connectivity index (χ1) is 6.36. The Morgan fingerprint density at radius 1 is 1.14 bits per heavy atom. The molecule has 0 atom stereocenters. The van der Waals surface area contributed by atoms with Crippen LogP contribution in [0.5, 0.6) is 0 Å². The molecule has 0 fully saturated rings. The van der Waals surface area contributed by atoms with Crippen LogP contribution in [0.25, 0.3) is 11.3 Å². The maximum atomic E-state index is 4.22. The predicted octanol–water partition coefficient (Wildman–Crippen LogP) is 2.85. The van der Waals surface area contributed by atoms with E-state index >= 15 is 0 Å². The standard InChI is InChI=1S/C12H10N.Ir/c1-10-5-7-11(8-6-10)12-4-2-3-9-13-12;/h2-3,5-9H,1H3;/q-1;+3. The molecule has 1 aromatic heterocycles. The molecule has 0 spiro atoms. The Balaban J connectivity index is 0.000000980. The maximum absolute atomic E-state index is 4.22. The molecule has 2 heteroatoms. The fraction of sp³-hybridized carbons (Fsp3) is 0.0833. The number of hydrogen-bond donors (Lipinski definition) is 0. The summed E-state index contributed by atoms with van der Waals surface area (Å²) in [6.07, 6.45) is 1.78. The fourth-order valence-electron chi connectivity index (χ4n) is 1.19. The Kier molecular flexibility index (Phi) is 3.99. The molecule has 0 saturated heterocycles. The van der Waals surface area contributed by atoms with E-state index in [1.165, 1.54) is 5.56 Å². The summed E-state index contributed by atoms with van der Waals surface area (Å²) in [7, 11) is 0. The van der Waals surface area contributed by atoms with Crippen molar-refractivity contribution in [3.8, 4) is 11.3 Å². The number of nitrogens with zero attached hydrogens (tertiary/aromatic N) is 1. The van der Waals surface area contributed by atoms with Gasteiger partial charge in [0.05, 0.1) is 0 Å². The van der Waals surface area contributed by atoms with E-state index in [9.17, 15) is 0 Å². The molecule has 0 unspecified atom stereocenters. The first-order valence-corrected chi connectivity index (χ1v) is 4.26. The fourth-order valence-corrected chi connectivity index (χ4v) is 1.19. The maximum Gasteiger partial charge on any atom is 3.00 e. The van der Waals surface area contributed by atoms with Gasteiger partial charge in [-0.1, -0.05) is 23.3 Å². The van der Waals surface area contributed by atoms with Crippen LogP contribution >= 0.6 is 0 Å². The summed E-state index contributed by atoms with van der Waals surface area (Å²) >= 11 is 0. The Labute approximate surface area is 97.6 Å². The van der Waals surface area contributed by atoms with Crippen LogP contribution in [0.15, 0.2) is 42.6 Å². The third-order valence-electron chi connectivity index (χ3n) is 1.93. The third-order valence-corrected chi connectivity index (χ3v) is 1.93. The minimum absolute atomic E-state index is 0. The zero-order valence-corrected chi connectivity index (χ0v) is 10.2. The minimum atomic E-state index is 0. The van der Waals surface area contributed by atoms with E-state index in [0.29, 0.717) is 0 Å². The molecule has 0 saturated carbocycles. The Bertz CT molecular complexity index is 381. The summed E-state index contributed by atoms with van der Waals surface area (Å²) in [5, 5.41) is 0. The second-order valence-electron chi connectivity index (χ2n) is 3.00. The molecule has 70 valence electrons. The van der Waals surface area contributed by atoms with Gasteiger partial charge in [0.15, 0.2) is 0 Å². The second-order valence-corrected chi connectivity index (χ2v) is 3.00. The molecule has 0 amide bonds. The van der Waals surface area contributed by atoms with Crippen LogP contribution in [0, 0.1) is 13.0 Å². The molecule has 0 N–H and O–H groups in total. The predicted molar refractivity (Wildman–Crippen MR) is 53.2 cm³/mol. The van der Waals surface area contributed by atoms with Crippen molar-refractivity contribution in [3.63, 3.8) is 0 Å². The van der Waals surface area contributed by atoms with Gasteiger partial charge in [0.2, 0.25) is 0 Å². The van der Waals surface area contributed by atoms with Gasteiger partial charge in [0.1, 0.15) is 0 Å². The van der Waals surface area contributed by atoms with Gasteiger partial charge >= 0.3 is 20.1 Å². The smallest absolute Gasteiger partial charge is 0.296 e. The molecule has 2 aromatic rings. The van der Waals surface area contributed by atoms with Crippen molar-refractivity contribution in [2.75, 3.05) is 0 Å². The average molecular weight is 360 g/mol. The van der Waals surface area contributed by atoms with Crippen molar-refractivity contribution in [3.05, 3.63) is 54.2 Å². The van der Waals surface area contributed by atoms with Gasteiger partial charge in [-0.2, -0.15) is 12.1 Å². The van der Waals surface area contributed by atoms with E-state index in [4.69, 9.17) is 0 Å². The van der Waals surface area contributed by atoms with Crippen LogP contribution in [0.3, 0.4) is 0 Å². The topological polar surface area (TPSA) is 12.9 Å². The Morgan fingerprint density at radius 3 is 2.43 bits per heavy atom. The average Bonchev–Trinajstić information content (AvgIpc) is 2.20. The van der Waals surface area contributed by atoms with Crippen molar-refractivity contribution >= 4 is 0 Å². The molecule has 0 bridgehead atoms. The molecule has 1 aromatic carbocycles. The van der Waals surface area contributed by atoms with Gasteiger partial charge in [-0.05, 0) is 18.8 Å². The molecule has 14 heavy (non-hydrogen) atoms. The minimum Gasteiger partial charge on any atom is -0.296 e. The Hall–Kier alpha value is -0.981. The van der Waals surface area contributed by atoms with Crippen LogP contribution in [-0.2, 0) is 20.1 Å². The quantitative estimate of drug-likeness (QED) is 0.713. The number of benzene rings is 1. The SMILES string of the molecule is Cc1ccc(-c2[c-]cccn2)cc1.[Ir+3]. The van der Waals surface area contributed by atoms with Gasteiger partial charge in [-0.15, -0.1) is 18.2 Å².